The maximum atomic E-state index is 13.0. The van der Waals surface area contributed by atoms with Crippen LogP contribution in [0.4, 0.5) is 0 Å². The second-order valence-electron chi connectivity index (χ2n) is 5.49. The fraction of sp³-hybridized carbons (Fsp3) is 0.467. The normalized spacial score (nSPS) is 17.6. The van der Waals surface area contributed by atoms with Crippen LogP contribution in [0.15, 0.2) is 30.3 Å². The number of rotatable bonds is 4. The van der Waals surface area contributed by atoms with Crippen molar-refractivity contribution in [1.29, 1.82) is 0 Å². The van der Waals surface area contributed by atoms with E-state index >= 15 is 0 Å². The van der Waals surface area contributed by atoms with Gasteiger partial charge in [-0.2, -0.15) is 4.80 Å². The molecule has 3 rings (SSSR count). The Morgan fingerprint density at radius 3 is 2.62 bits per heavy atom. The summed E-state index contributed by atoms with van der Waals surface area (Å²) in [5.41, 5.74) is 0.673. The minimum atomic E-state index is -0.425. The monoisotopic (exact) mass is 285 g/mol. The van der Waals surface area contributed by atoms with Crippen LogP contribution in [0, 0.1) is 0 Å². The first-order valence-corrected chi connectivity index (χ1v) is 7.23. The highest BCUT2D eigenvalue weighted by Gasteiger charge is 2.40. The Bertz CT molecular complexity index is 616. The Morgan fingerprint density at radius 2 is 2.00 bits per heavy atom. The average Bonchev–Trinajstić information content (AvgIpc) is 2.94. The van der Waals surface area contributed by atoms with E-state index in [2.05, 4.69) is 20.7 Å². The summed E-state index contributed by atoms with van der Waals surface area (Å²) in [7, 11) is 1.71. The third-order valence-corrected chi connectivity index (χ3v) is 4.19. The highest BCUT2D eigenvalue weighted by Crippen LogP contribution is 2.35. The minimum Gasteiger partial charge on any atom is -0.317 e. The van der Waals surface area contributed by atoms with Crippen LogP contribution in [-0.2, 0) is 23.7 Å². The van der Waals surface area contributed by atoms with Crippen LogP contribution in [0.5, 0.6) is 0 Å². The molecular formula is C15H19N5O. The molecule has 0 aliphatic carbocycles. The molecule has 1 N–H and O–H groups in total. The van der Waals surface area contributed by atoms with Gasteiger partial charge in [0.15, 0.2) is 11.6 Å². The summed E-state index contributed by atoms with van der Waals surface area (Å²) in [6.45, 7) is 1.71. The molecule has 1 aliphatic heterocycles. The Hall–Kier alpha value is -2.08. The summed E-state index contributed by atoms with van der Waals surface area (Å²) in [6.07, 6.45) is 1.87. The van der Waals surface area contributed by atoms with Gasteiger partial charge in [0.05, 0.1) is 18.9 Å². The largest absolute Gasteiger partial charge is 0.317 e. The van der Waals surface area contributed by atoms with Gasteiger partial charge in [-0.15, -0.1) is 10.2 Å². The standard InChI is InChI=1S/C15H19N5O/c1-20-18-14(17-19-20)11-13(21)15(7-9-16-10-8-15)12-5-3-2-4-6-12/h2-6,16H,7-11H2,1H3. The fourth-order valence-electron chi connectivity index (χ4n) is 3.05. The molecule has 1 aliphatic rings. The van der Waals surface area contributed by atoms with Crippen LogP contribution in [-0.4, -0.2) is 39.1 Å². The van der Waals surface area contributed by atoms with Gasteiger partial charge in [0.2, 0.25) is 0 Å². The molecule has 0 bridgehead atoms. The van der Waals surface area contributed by atoms with Crippen molar-refractivity contribution in [2.75, 3.05) is 13.1 Å². The molecule has 21 heavy (non-hydrogen) atoms. The zero-order valence-corrected chi connectivity index (χ0v) is 12.1. The third-order valence-electron chi connectivity index (χ3n) is 4.19. The van der Waals surface area contributed by atoms with Gasteiger partial charge in [-0.05, 0) is 36.7 Å². The number of carbonyl (C=O) groups is 1. The number of benzene rings is 1. The van der Waals surface area contributed by atoms with Crippen molar-refractivity contribution >= 4 is 5.78 Å². The van der Waals surface area contributed by atoms with E-state index in [-0.39, 0.29) is 12.2 Å². The van der Waals surface area contributed by atoms with E-state index in [1.165, 1.54) is 4.80 Å². The van der Waals surface area contributed by atoms with Gasteiger partial charge in [0.25, 0.3) is 0 Å². The maximum absolute atomic E-state index is 13.0. The zero-order valence-electron chi connectivity index (χ0n) is 12.1. The highest BCUT2D eigenvalue weighted by molar-refractivity contribution is 5.91. The predicted molar refractivity (Wildman–Crippen MR) is 77.7 cm³/mol. The van der Waals surface area contributed by atoms with Crippen LogP contribution in [0.1, 0.15) is 24.2 Å². The van der Waals surface area contributed by atoms with E-state index in [4.69, 9.17) is 0 Å². The van der Waals surface area contributed by atoms with E-state index in [9.17, 15) is 4.79 Å². The predicted octanol–water partition coefficient (Wildman–Crippen LogP) is 0.643. The number of hydrogen-bond acceptors (Lipinski definition) is 5. The van der Waals surface area contributed by atoms with Crippen molar-refractivity contribution in [3.8, 4) is 0 Å². The number of nitrogens with one attached hydrogen (secondary N) is 1. The number of hydrogen-bond donors (Lipinski definition) is 1. The summed E-state index contributed by atoms with van der Waals surface area (Å²) >= 11 is 0. The molecule has 6 heteroatoms. The smallest absolute Gasteiger partial charge is 0.182 e. The van der Waals surface area contributed by atoms with Crippen LogP contribution in [0.2, 0.25) is 0 Å². The van der Waals surface area contributed by atoms with E-state index < -0.39 is 5.41 Å². The van der Waals surface area contributed by atoms with E-state index in [0.29, 0.717) is 5.82 Å². The number of Topliss-reactive ketones (excluding diaryl/α,β-unsaturated/α-hetero) is 1. The number of piperidine rings is 1. The average molecular weight is 285 g/mol. The molecule has 0 amide bonds. The summed E-state index contributed by atoms with van der Waals surface area (Å²) in [5.74, 6) is 0.680. The molecule has 0 spiro atoms. The molecule has 6 nitrogen and oxygen atoms in total. The highest BCUT2D eigenvalue weighted by atomic mass is 16.1. The lowest BCUT2D eigenvalue weighted by atomic mass is 9.69. The molecule has 110 valence electrons. The first-order valence-electron chi connectivity index (χ1n) is 7.23. The third kappa shape index (κ3) is 2.71. The molecule has 0 radical (unpaired) electrons. The molecule has 1 saturated heterocycles. The molecule has 1 aromatic heterocycles. The van der Waals surface area contributed by atoms with Crippen molar-refractivity contribution in [2.45, 2.75) is 24.7 Å². The first kappa shape index (κ1) is 13.9. The van der Waals surface area contributed by atoms with Gasteiger partial charge in [0, 0.05) is 0 Å². The molecule has 1 aromatic carbocycles. The van der Waals surface area contributed by atoms with Crippen LogP contribution < -0.4 is 5.32 Å². The van der Waals surface area contributed by atoms with E-state index in [0.717, 1.165) is 31.5 Å². The quantitative estimate of drug-likeness (QED) is 0.892. The Labute approximate surface area is 123 Å². The van der Waals surface area contributed by atoms with Gasteiger partial charge in [-0.1, -0.05) is 30.3 Å². The molecule has 2 heterocycles. The summed E-state index contributed by atoms with van der Waals surface area (Å²) < 4.78 is 0. The Morgan fingerprint density at radius 1 is 1.29 bits per heavy atom. The Balaban J connectivity index is 1.90. The lowest BCUT2D eigenvalue weighted by molar-refractivity contribution is -0.125. The lowest BCUT2D eigenvalue weighted by Crippen LogP contribution is -2.46. The first-order chi connectivity index (χ1) is 10.2. The fourth-order valence-corrected chi connectivity index (χ4v) is 3.05. The van der Waals surface area contributed by atoms with Crippen LogP contribution in [0.25, 0.3) is 0 Å². The number of aryl methyl sites for hydroxylation is 1. The van der Waals surface area contributed by atoms with Crippen molar-refractivity contribution in [3.63, 3.8) is 0 Å². The van der Waals surface area contributed by atoms with Gasteiger partial charge >= 0.3 is 0 Å². The topological polar surface area (TPSA) is 72.7 Å². The summed E-state index contributed by atoms with van der Waals surface area (Å²) in [4.78, 5) is 14.3. The number of nitrogens with zero attached hydrogens (tertiary/aromatic N) is 4. The summed E-state index contributed by atoms with van der Waals surface area (Å²) in [6, 6.07) is 10.1. The number of tetrazole rings is 1. The molecule has 0 unspecified atom stereocenters. The molecule has 2 aromatic rings. The van der Waals surface area contributed by atoms with Crippen molar-refractivity contribution in [3.05, 3.63) is 41.7 Å². The van der Waals surface area contributed by atoms with E-state index in [1.54, 1.807) is 7.05 Å². The van der Waals surface area contributed by atoms with Crippen molar-refractivity contribution in [1.82, 2.24) is 25.5 Å². The number of carbonyl (C=O) groups excluding carboxylic acids is 1. The van der Waals surface area contributed by atoms with Gasteiger partial charge < -0.3 is 5.32 Å². The molecule has 1 fully saturated rings. The molecule has 0 atom stereocenters. The van der Waals surface area contributed by atoms with Crippen LogP contribution in [0.3, 0.4) is 0 Å². The van der Waals surface area contributed by atoms with Crippen molar-refractivity contribution < 1.29 is 4.79 Å². The lowest BCUT2D eigenvalue weighted by Gasteiger charge is -2.36. The minimum absolute atomic E-state index is 0.184. The number of ketones is 1. The van der Waals surface area contributed by atoms with Gasteiger partial charge in [-0.25, -0.2) is 0 Å². The maximum Gasteiger partial charge on any atom is 0.182 e. The number of aromatic nitrogens is 4. The van der Waals surface area contributed by atoms with E-state index in [1.807, 2.05) is 30.3 Å². The van der Waals surface area contributed by atoms with Crippen LogP contribution >= 0.6 is 0 Å². The zero-order chi connectivity index (χ0) is 14.7. The second-order valence-corrected chi connectivity index (χ2v) is 5.49. The van der Waals surface area contributed by atoms with Gasteiger partial charge in [0.1, 0.15) is 0 Å². The van der Waals surface area contributed by atoms with Gasteiger partial charge in [-0.3, -0.25) is 4.79 Å². The van der Waals surface area contributed by atoms with Crippen molar-refractivity contribution in [2.24, 2.45) is 7.05 Å². The molecule has 0 saturated carbocycles. The molecular weight excluding hydrogens is 266 g/mol. The summed E-state index contributed by atoms with van der Waals surface area (Å²) in [5, 5.41) is 15.2. The Kier molecular flexibility index (Phi) is 3.79. The second kappa shape index (κ2) is 5.73. The SMILES string of the molecule is Cn1nnc(CC(=O)C2(c3ccccc3)CCNCC2)n1.